The summed E-state index contributed by atoms with van der Waals surface area (Å²) >= 11 is 3.32. The second-order valence-electron chi connectivity index (χ2n) is 5.39. The zero-order chi connectivity index (χ0) is 14.0. The van der Waals surface area contributed by atoms with Gasteiger partial charge in [-0.05, 0) is 49.8 Å². The molecule has 0 spiro atoms. The molecule has 0 unspecified atom stereocenters. The molecule has 0 saturated heterocycles. The van der Waals surface area contributed by atoms with Crippen molar-refractivity contribution in [1.29, 1.82) is 0 Å². The van der Waals surface area contributed by atoms with Crippen LogP contribution in [-0.2, 0) is 10.0 Å². The molecule has 0 radical (unpaired) electrons. The van der Waals surface area contributed by atoms with Crippen LogP contribution in [0.5, 0.6) is 0 Å². The van der Waals surface area contributed by atoms with Crippen LogP contribution >= 0.6 is 15.9 Å². The topological polar surface area (TPSA) is 37.4 Å². The highest BCUT2D eigenvalue weighted by molar-refractivity contribution is 9.10. The third-order valence-corrected chi connectivity index (χ3v) is 6.37. The smallest absolute Gasteiger partial charge is 0.207 e. The van der Waals surface area contributed by atoms with Crippen LogP contribution in [0, 0.1) is 5.92 Å². The van der Waals surface area contributed by atoms with Crippen LogP contribution in [0.15, 0.2) is 33.6 Å². The van der Waals surface area contributed by atoms with Crippen LogP contribution in [0.3, 0.4) is 0 Å². The highest BCUT2D eigenvalue weighted by Gasteiger charge is 2.30. The Hall–Kier alpha value is -0.390. The first-order valence-corrected chi connectivity index (χ1v) is 8.88. The van der Waals surface area contributed by atoms with Crippen LogP contribution < -0.4 is 0 Å². The first-order chi connectivity index (χ1) is 8.91. The molecule has 0 atom stereocenters. The molecule has 0 aromatic heterocycles. The Balaban J connectivity index is 2.20. The largest absolute Gasteiger partial charge is 0.243 e. The summed E-state index contributed by atoms with van der Waals surface area (Å²) in [5, 5.41) is 0. The highest BCUT2D eigenvalue weighted by Crippen LogP contribution is 2.30. The van der Waals surface area contributed by atoms with Crippen molar-refractivity contribution in [1.82, 2.24) is 4.31 Å². The molecule has 0 amide bonds. The Morgan fingerprint density at radius 3 is 2.42 bits per heavy atom. The molecule has 1 aliphatic carbocycles. The van der Waals surface area contributed by atoms with Crippen molar-refractivity contribution in [2.24, 2.45) is 5.92 Å². The molecule has 1 saturated carbocycles. The van der Waals surface area contributed by atoms with Crippen molar-refractivity contribution in [3.63, 3.8) is 0 Å². The molecule has 1 fully saturated rings. The van der Waals surface area contributed by atoms with E-state index in [2.05, 4.69) is 22.9 Å². The first kappa shape index (κ1) is 15.0. The van der Waals surface area contributed by atoms with E-state index in [9.17, 15) is 8.42 Å². The minimum atomic E-state index is -3.38. The molecule has 0 bridgehead atoms. The molecule has 1 aromatic rings. The molecule has 5 heteroatoms. The van der Waals surface area contributed by atoms with Gasteiger partial charge in [-0.25, -0.2) is 8.42 Å². The molecule has 19 heavy (non-hydrogen) atoms. The number of nitrogens with zero attached hydrogens (tertiary/aromatic N) is 1. The summed E-state index contributed by atoms with van der Waals surface area (Å²) in [6, 6.07) is 7.05. The fraction of sp³-hybridized carbons (Fsp3) is 0.571. The van der Waals surface area contributed by atoms with Gasteiger partial charge in [0.05, 0.1) is 4.90 Å². The van der Waals surface area contributed by atoms with Gasteiger partial charge in [0.1, 0.15) is 0 Å². The maximum Gasteiger partial charge on any atom is 0.243 e. The summed E-state index contributed by atoms with van der Waals surface area (Å²) < 4.78 is 27.5. The maximum atomic E-state index is 12.6. The number of halogens is 1. The van der Waals surface area contributed by atoms with Crippen molar-refractivity contribution in [3.05, 3.63) is 28.7 Å². The zero-order valence-electron chi connectivity index (χ0n) is 11.3. The number of hydrogen-bond donors (Lipinski definition) is 0. The summed E-state index contributed by atoms with van der Waals surface area (Å²) in [6.45, 7) is 2.24. The van der Waals surface area contributed by atoms with Gasteiger partial charge in [-0.3, -0.25) is 0 Å². The van der Waals surface area contributed by atoms with Crippen LogP contribution in [0.2, 0.25) is 0 Å². The normalized spacial score (nSPS) is 24.6. The van der Waals surface area contributed by atoms with Gasteiger partial charge in [0.2, 0.25) is 10.0 Å². The van der Waals surface area contributed by atoms with Crippen molar-refractivity contribution in [2.45, 2.75) is 43.5 Å². The number of rotatable bonds is 3. The molecular weight excluding hydrogens is 326 g/mol. The Morgan fingerprint density at radius 2 is 1.84 bits per heavy atom. The van der Waals surface area contributed by atoms with Gasteiger partial charge in [-0.2, -0.15) is 4.31 Å². The number of sulfonamides is 1. The van der Waals surface area contributed by atoms with E-state index in [-0.39, 0.29) is 6.04 Å². The molecular formula is C14H20BrNO2S. The highest BCUT2D eigenvalue weighted by atomic mass is 79.9. The van der Waals surface area contributed by atoms with E-state index < -0.39 is 10.0 Å². The average Bonchev–Trinajstić information content (AvgIpc) is 2.39. The van der Waals surface area contributed by atoms with E-state index in [0.717, 1.165) is 36.1 Å². The number of benzene rings is 1. The molecule has 0 heterocycles. The van der Waals surface area contributed by atoms with Crippen LogP contribution in [0.25, 0.3) is 0 Å². The molecule has 2 rings (SSSR count). The fourth-order valence-corrected chi connectivity index (χ4v) is 4.61. The van der Waals surface area contributed by atoms with Crippen LogP contribution in [0.4, 0.5) is 0 Å². The summed E-state index contributed by atoms with van der Waals surface area (Å²) in [7, 11) is -1.67. The summed E-state index contributed by atoms with van der Waals surface area (Å²) in [5.41, 5.74) is 0. The van der Waals surface area contributed by atoms with Gasteiger partial charge in [-0.15, -0.1) is 0 Å². The third kappa shape index (κ3) is 3.38. The van der Waals surface area contributed by atoms with Gasteiger partial charge >= 0.3 is 0 Å². The molecule has 106 valence electrons. The van der Waals surface area contributed by atoms with Crippen molar-refractivity contribution >= 4 is 26.0 Å². The SMILES string of the molecule is CC1CCC(N(C)S(=O)(=O)c2cccc(Br)c2)CC1. The van der Waals surface area contributed by atoms with Gasteiger partial charge in [0.25, 0.3) is 0 Å². The Kier molecular flexibility index (Phi) is 4.69. The number of hydrogen-bond acceptors (Lipinski definition) is 2. The molecule has 1 aliphatic rings. The molecule has 3 nitrogen and oxygen atoms in total. The van der Waals surface area contributed by atoms with E-state index >= 15 is 0 Å². The Labute approximate surface area is 124 Å². The molecule has 0 N–H and O–H groups in total. The summed E-state index contributed by atoms with van der Waals surface area (Å²) in [6.07, 6.45) is 4.15. The molecule has 1 aromatic carbocycles. The van der Waals surface area contributed by atoms with E-state index in [4.69, 9.17) is 0 Å². The average molecular weight is 346 g/mol. The monoisotopic (exact) mass is 345 g/mol. The second-order valence-corrected chi connectivity index (χ2v) is 8.31. The van der Waals surface area contributed by atoms with Crippen molar-refractivity contribution in [3.8, 4) is 0 Å². The Morgan fingerprint density at radius 1 is 1.21 bits per heavy atom. The fourth-order valence-electron chi connectivity index (χ4n) is 2.60. The van der Waals surface area contributed by atoms with Gasteiger partial charge < -0.3 is 0 Å². The Bertz CT molecular complexity index is 536. The molecule has 0 aliphatic heterocycles. The van der Waals surface area contributed by atoms with Crippen molar-refractivity contribution < 1.29 is 8.42 Å². The van der Waals surface area contributed by atoms with Gasteiger partial charge in [0.15, 0.2) is 0 Å². The van der Waals surface area contributed by atoms with Gasteiger partial charge in [-0.1, -0.05) is 28.9 Å². The van der Waals surface area contributed by atoms with Gasteiger partial charge in [0, 0.05) is 17.6 Å². The third-order valence-electron chi connectivity index (χ3n) is 3.97. The van der Waals surface area contributed by atoms with E-state index in [1.165, 1.54) is 0 Å². The second kappa shape index (κ2) is 5.94. The van der Waals surface area contributed by atoms with E-state index in [1.54, 1.807) is 29.6 Å². The predicted octanol–water partition coefficient (Wildman–Crippen LogP) is 3.65. The minimum absolute atomic E-state index is 0.139. The minimum Gasteiger partial charge on any atom is -0.207 e. The lowest BCUT2D eigenvalue weighted by Gasteiger charge is -2.32. The predicted molar refractivity (Wildman–Crippen MR) is 80.5 cm³/mol. The summed E-state index contributed by atoms with van der Waals surface area (Å²) in [5.74, 6) is 0.721. The quantitative estimate of drug-likeness (QED) is 0.838. The maximum absolute atomic E-state index is 12.6. The zero-order valence-corrected chi connectivity index (χ0v) is 13.7. The van der Waals surface area contributed by atoms with E-state index in [1.807, 2.05) is 6.07 Å². The summed E-state index contributed by atoms with van der Waals surface area (Å²) in [4.78, 5) is 0.364. The van der Waals surface area contributed by atoms with E-state index in [0.29, 0.717) is 4.90 Å². The lowest BCUT2D eigenvalue weighted by molar-refractivity contribution is 0.246. The van der Waals surface area contributed by atoms with Crippen LogP contribution in [-0.4, -0.2) is 25.8 Å². The van der Waals surface area contributed by atoms with Crippen molar-refractivity contribution in [2.75, 3.05) is 7.05 Å². The lowest BCUT2D eigenvalue weighted by atomic mass is 9.87. The lowest BCUT2D eigenvalue weighted by Crippen LogP contribution is -2.39. The van der Waals surface area contributed by atoms with Crippen LogP contribution in [0.1, 0.15) is 32.6 Å². The first-order valence-electron chi connectivity index (χ1n) is 6.65. The standard InChI is InChI=1S/C14H20BrNO2S/c1-11-6-8-13(9-7-11)16(2)19(17,18)14-5-3-4-12(15)10-14/h3-5,10-11,13H,6-9H2,1-2H3.